The number of nitrogens with zero attached hydrogens (tertiary/aromatic N) is 2. The lowest BCUT2D eigenvalue weighted by Gasteiger charge is -2.31. The molecule has 2 heterocycles. The molecule has 0 spiro atoms. The summed E-state index contributed by atoms with van der Waals surface area (Å²) in [6.07, 6.45) is 2.71. The van der Waals surface area contributed by atoms with E-state index >= 15 is 0 Å². The molecular weight excluding hydrogens is 344 g/mol. The molecule has 2 amide bonds. The number of ether oxygens (including phenoxy) is 2. The van der Waals surface area contributed by atoms with Crippen LogP contribution >= 0.6 is 0 Å². The average Bonchev–Trinajstić information content (AvgIpc) is 2.66. The summed E-state index contributed by atoms with van der Waals surface area (Å²) in [6.45, 7) is 5.49. The number of aromatic nitrogens is 1. The monoisotopic (exact) mass is 370 g/mol. The number of carbonyl (C=O) groups is 1. The van der Waals surface area contributed by atoms with Crippen molar-refractivity contribution < 1.29 is 14.3 Å². The number of anilines is 2. The summed E-state index contributed by atoms with van der Waals surface area (Å²) in [5.41, 5.74) is 3.52. The Hall–Kier alpha value is -2.96. The van der Waals surface area contributed by atoms with Gasteiger partial charge in [-0.1, -0.05) is 0 Å². The highest BCUT2D eigenvalue weighted by atomic mass is 16.5. The first-order valence-electron chi connectivity index (χ1n) is 9.02. The molecule has 1 aromatic heterocycles. The summed E-state index contributed by atoms with van der Waals surface area (Å²) in [7, 11) is 3.30. The van der Waals surface area contributed by atoms with E-state index in [0.717, 1.165) is 36.7 Å². The highest BCUT2D eigenvalue weighted by Crippen LogP contribution is 2.34. The second-order valence-corrected chi connectivity index (χ2v) is 6.80. The molecule has 0 fully saturated rings. The molecular formula is C20H26N4O3. The number of carbonyl (C=O) groups excluding carboxylic acids is 1. The van der Waals surface area contributed by atoms with Gasteiger partial charge in [-0.05, 0) is 55.7 Å². The van der Waals surface area contributed by atoms with E-state index in [-0.39, 0.29) is 12.1 Å². The first kappa shape index (κ1) is 18.8. The quantitative estimate of drug-likeness (QED) is 0.845. The number of pyridine rings is 1. The van der Waals surface area contributed by atoms with Gasteiger partial charge in [0, 0.05) is 19.1 Å². The molecule has 27 heavy (non-hydrogen) atoms. The summed E-state index contributed by atoms with van der Waals surface area (Å²) in [6, 6.07) is 7.72. The number of hydrogen-bond acceptors (Lipinski definition) is 5. The highest BCUT2D eigenvalue weighted by Gasteiger charge is 2.20. The predicted molar refractivity (Wildman–Crippen MR) is 106 cm³/mol. The van der Waals surface area contributed by atoms with Gasteiger partial charge >= 0.3 is 6.03 Å². The number of nitrogens with one attached hydrogen (secondary N) is 2. The first-order chi connectivity index (χ1) is 13.0. The van der Waals surface area contributed by atoms with Gasteiger partial charge in [0.1, 0.15) is 5.82 Å². The van der Waals surface area contributed by atoms with Crippen LogP contribution in [0.2, 0.25) is 0 Å². The van der Waals surface area contributed by atoms with Gasteiger partial charge in [-0.3, -0.25) is 5.32 Å². The van der Waals surface area contributed by atoms with Crippen LogP contribution in [0.3, 0.4) is 0 Å². The Labute approximate surface area is 159 Å². The third-order valence-electron chi connectivity index (χ3n) is 4.49. The van der Waals surface area contributed by atoms with Crippen LogP contribution < -0.4 is 25.0 Å². The van der Waals surface area contributed by atoms with Crippen LogP contribution in [0.4, 0.5) is 16.3 Å². The van der Waals surface area contributed by atoms with Crippen molar-refractivity contribution in [2.45, 2.75) is 32.9 Å². The van der Waals surface area contributed by atoms with Crippen LogP contribution in [0.5, 0.6) is 11.5 Å². The van der Waals surface area contributed by atoms with E-state index in [4.69, 9.17) is 9.47 Å². The zero-order chi connectivity index (χ0) is 19.4. The first-order valence-corrected chi connectivity index (χ1v) is 9.02. The Balaban J connectivity index is 1.71. The van der Waals surface area contributed by atoms with Crippen molar-refractivity contribution >= 4 is 17.5 Å². The fourth-order valence-corrected chi connectivity index (χ4v) is 3.17. The van der Waals surface area contributed by atoms with Crippen LogP contribution in [0.15, 0.2) is 30.5 Å². The molecule has 3 rings (SSSR count). The molecule has 1 aliphatic heterocycles. The predicted octanol–water partition coefficient (Wildman–Crippen LogP) is 3.19. The van der Waals surface area contributed by atoms with Crippen molar-refractivity contribution in [3.8, 4) is 11.5 Å². The van der Waals surface area contributed by atoms with Gasteiger partial charge in [0.15, 0.2) is 11.5 Å². The minimum Gasteiger partial charge on any atom is -0.493 e. The SMILES string of the molecule is COc1cc2c(cc1OC)CN(c1ccc(NC(=O)NC(C)C)nc1)CC2. The maximum Gasteiger partial charge on any atom is 0.320 e. The van der Waals surface area contributed by atoms with Crippen molar-refractivity contribution in [3.05, 3.63) is 41.6 Å². The minimum atomic E-state index is -0.252. The smallest absolute Gasteiger partial charge is 0.320 e. The van der Waals surface area contributed by atoms with Gasteiger partial charge in [0.05, 0.1) is 26.1 Å². The zero-order valence-electron chi connectivity index (χ0n) is 16.2. The Morgan fingerprint density at radius 1 is 1.15 bits per heavy atom. The van der Waals surface area contributed by atoms with Gasteiger partial charge in [0.2, 0.25) is 0 Å². The Kier molecular flexibility index (Phi) is 5.69. The fraction of sp³-hybridized carbons (Fsp3) is 0.400. The largest absolute Gasteiger partial charge is 0.493 e. The number of hydrogen-bond donors (Lipinski definition) is 2. The normalized spacial score (nSPS) is 13.1. The molecule has 0 bridgehead atoms. The summed E-state index contributed by atoms with van der Waals surface area (Å²) >= 11 is 0. The molecule has 7 heteroatoms. The van der Waals surface area contributed by atoms with Gasteiger partial charge in [-0.15, -0.1) is 0 Å². The molecule has 0 saturated carbocycles. The molecule has 2 aromatic rings. The standard InChI is InChI=1S/C20H26N4O3/c1-13(2)22-20(25)23-19-6-5-16(11-21-19)24-8-7-14-9-17(26-3)18(27-4)10-15(14)12-24/h5-6,9-11,13H,7-8,12H2,1-4H3,(H2,21,22,23,25). The second-order valence-electron chi connectivity index (χ2n) is 6.80. The van der Waals surface area contributed by atoms with Crippen LogP contribution in [0, 0.1) is 0 Å². The third-order valence-corrected chi connectivity index (χ3v) is 4.49. The molecule has 0 atom stereocenters. The van der Waals surface area contributed by atoms with Crippen LogP contribution in [-0.4, -0.2) is 37.8 Å². The molecule has 1 aliphatic rings. The van der Waals surface area contributed by atoms with Crippen molar-refractivity contribution in [2.75, 3.05) is 31.0 Å². The van der Waals surface area contributed by atoms with E-state index < -0.39 is 0 Å². The van der Waals surface area contributed by atoms with Crippen LogP contribution in [0.1, 0.15) is 25.0 Å². The average molecular weight is 370 g/mol. The number of urea groups is 1. The minimum absolute atomic E-state index is 0.0771. The number of amides is 2. The maximum absolute atomic E-state index is 11.8. The van der Waals surface area contributed by atoms with E-state index in [1.54, 1.807) is 20.4 Å². The second kappa shape index (κ2) is 8.16. The fourth-order valence-electron chi connectivity index (χ4n) is 3.17. The zero-order valence-corrected chi connectivity index (χ0v) is 16.2. The van der Waals surface area contributed by atoms with Gasteiger partial charge < -0.3 is 19.7 Å². The molecule has 0 saturated heterocycles. The Morgan fingerprint density at radius 2 is 1.85 bits per heavy atom. The van der Waals surface area contributed by atoms with E-state index in [1.807, 2.05) is 32.0 Å². The highest BCUT2D eigenvalue weighted by molar-refractivity contribution is 5.88. The van der Waals surface area contributed by atoms with Gasteiger partial charge in [-0.25, -0.2) is 9.78 Å². The summed E-state index contributed by atoms with van der Waals surface area (Å²) in [5, 5.41) is 5.51. The van der Waals surface area contributed by atoms with E-state index in [2.05, 4.69) is 26.6 Å². The summed E-state index contributed by atoms with van der Waals surface area (Å²) in [5.74, 6) is 2.04. The van der Waals surface area contributed by atoms with E-state index in [1.165, 1.54) is 11.1 Å². The summed E-state index contributed by atoms with van der Waals surface area (Å²) in [4.78, 5) is 18.4. The molecule has 0 aliphatic carbocycles. The Morgan fingerprint density at radius 3 is 2.44 bits per heavy atom. The number of methoxy groups -OCH3 is 2. The topological polar surface area (TPSA) is 75.7 Å². The lowest BCUT2D eigenvalue weighted by molar-refractivity contribution is 0.250. The van der Waals surface area contributed by atoms with Crippen molar-refractivity contribution in [1.29, 1.82) is 0 Å². The number of benzene rings is 1. The van der Waals surface area contributed by atoms with Crippen molar-refractivity contribution in [2.24, 2.45) is 0 Å². The van der Waals surface area contributed by atoms with Crippen molar-refractivity contribution in [1.82, 2.24) is 10.3 Å². The van der Waals surface area contributed by atoms with Crippen LogP contribution in [0.25, 0.3) is 0 Å². The molecule has 1 aromatic carbocycles. The lowest BCUT2D eigenvalue weighted by Crippen LogP contribution is -2.34. The molecule has 7 nitrogen and oxygen atoms in total. The summed E-state index contributed by atoms with van der Waals surface area (Å²) < 4.78 is 10.8. The van der Waals surface area contributed by atoms with Gasteiger partial charge in [0.25, 0.3) is 0 Å². The molecule has 144 valence electrons. The number of rotatable bonds is 5. The van der Waals surface area contributed by atoms with E-state index in [0.29, 0.717) is 5.82 Å². The maximum atomic E-state index is 11.8. The third kappa shape index (κ3) is 4.42. The van der Waals surface area contributed by atoms with E-state index in [9.17, 15) is 4.79 Å². The number of fused-ring (bicyclic) bond motifs is 1. The molecule has 2 N–H and O–H groups in total. The molecule has 0 radical (unpaired) electrons. The van der Waals surface area contributed by atoms with Gasteiger partial charge in [-0.2, -0.15) is 0 Å². The molecule has 0 unspecified atom stereocenters. The lowest BCUT2D eigenvalue weighted by atomic mass is 9.98. The Bertz CT molecular complexity index is 806. The van der Waals surface area contributed by atoms with Crippen molar-refractivity contribution in [3.63, 3.8) is 0 Å². The van der Waals surface area contributed by atoms with Crippen LogP contribution in [-0.2, 0) is 13.0 Å².